The number of carbonyl (C=O) groups excluding carboxylic acids is 1. The van der Waals surface area contributed by atoms with E-state index in [2.05, 4.69) is 0 Å². The first-order valence-electron chi connectivity index (χ1n) is 10.6. The maximum Gasteiger partial charge on any atom is 0.490 e. The van der Waals surface area contributed by atoms with Crippen LogP contribution in [0, 0.1) is 0 Å². The number of hydrogen-bond acceptors (Lipinski definition) is 4. The lowest BCUT2D eigenvalue weighted by Gasteiger charge is -2.32. The minimum Gasteiger partial charge on any atom is -0.475 e. The van der Waals surface area contributed by atoms with E-state index in [0.29, 0.717) is 25.9 Å². The van der Waals surface area contributed by atoms with Crippen molar-refractivity contribution < 1.29 is 32.3 Å². The van der Waals surface area contributed by atoms with Gasteiger partial charge in [0.15, 0.2) is 0 Å². The van der Waals surface area contributed by atoms with Gasteiger partial charge in [-0.15, -0.1) is 0 Å². The number of aryl methyl sites for hydroxylation is 1. The maximum atomic E-state index is 13.3. The van der Waals surface area contributed by atoms with E-state index in [-0.39, 0.29) is 17.4 Å². The highest BCUT2D eigenvalue weighted by Crippen LogP contribution is 2.25. The van der Waals surface area contributed by atoms with Crippen LogP contribution in [0.5, 0.6) is 0 Å². The Hall–Kier alpha value is -3.21. The molecule has 1 aromatic heterocycles. The summed E-state index contributed by atoms with van der Waals surface area (Å²) < 4.78 is 46.6. The van der Waals surface area contributed by atoms with Crippen LogP contribution in [0.4, 0.5) is 17.6 Å². The number of carboxylic acid groups (broad SMARTS) is 1. The number of alkyl halides is 4. The fourth-order valence-corrected chi connectivity index (χ4v) is 3.44. The number of benzene rings is 1. The highest BCUT2D eigenvalue weighted by Gasteiger charge is 2.38. The first kappa shape index (κ1) is 27.0. The van der Waals surface area contributed by atoms with Crippen LogP contribution in [0.15, 0.2) is 47.4 Å². The van der Waals surface area contributed by atoms with Gasteiger partial charge in [-0.05, 0) is 35.6 Å². The lowest BCUT2D eigenvalue weighted by Crippen LogP contribution is -2.49. The van der Waals surface area contributed by atoms with Gasteiger partial charge in [-0.1, -0.05) is 31.2 Å². The highest BCUT2D eigenvalue weighted by molar-refractivity contribution is 5.83. The lowest BCUT2D eigenvalue weighted by atomic mass is 9.91. The first-order chi connectivity index (χ1) is 15.8. The second kappa shape index (κ2) is 11.3. The monoisotopic (exact) mass is 485 g/mol. The topological polar surface area (TPSA) is 106 Å². The van der Waals surface area contributed by atoms with Crippen molar-refractivity contribution in [2.24, 2.45) is 12.8 Å². The van der Waals surface area contributed by atoms with Crippen LogP contribution in [-0.4, -0.2) is 57.9 Å². The Morgan fingerprint density at radius 1 is 1.06 bits per heavy atom. The standard InChI is InChI=1S/C21H26FN3O2.C2HF3O2/c1-14(20(23)21(27)25-11-9-18(22)10-12-25)15-3-5-16(6-4-15)17-7-8-19(26)24(2)13-17;3-2(4,5)1(6)7/h3-8,13-14,18,20H,9-12,23H2,1-2H3;(H,6,7)/t14-,20-;/m0./s1. The molecule has 1 amide bonds. The Bertz CT molecular complexity index is 1050. The summed E-state index contributed by atoms with van der Waals surface area (Å²) in [5, 5.41) is 7.12. The van der Waals surface area contributed by atoms with Crippen molar-refractivity contribution in [1.82, 2.24) is 9.47 Å². The van der Waals surface area contributed by atoms with E-state index in [4.69, 9.17) is 15.6 Å². The number of carbonyl (C=O) groups is 2. The molecule has 11 heteroatoms. The summed E-state index contributed by atoms with van der Waals surface area (Å²) in [7, 11) is 1.72. The molecular formula is C23H27F4N3O4. The number of hydrogen-bond donors (Lipinski definition) is 2. The summed E-state index contributed by atoms with van der Waals surface area (Å²) in [5.74, 6) is -3.01. The average Bonchev–Trinajstić information content (AvgIpc) is 2.80. The number of likely N-dealkylation sites (tertiary alicyclic amines) is 1. The van der Waals surface area contributed by atoms with Gasteiger partial charge in [-0.2, -0.15) is 13.2 Å². The summed E-state index contributed by atoms with van der Waals surface area (Å²) >= 11 is 0. The Morgan fingerprint density at radius 2 is 1.56 bits per heavy atom. The van der Waals surface area contributed by atoms with Gasteiger partial charge in [0.25, 0.3) is 0 Å². The van der Waals surface area contributed by atoms with E-state index in [1.54, 1.807) is 34.8 Å². The third-order valence-corrected chi connectivity index (χ3v) is 5.66. The molecule has 2 aromatic rings. The quantitative estimate of drug-likeness (QED) is 0.648. The zero-order valence-electron chi connectivity index (χ0n) is 18.8. The van der Waals surface area contributed by atoms with Crippen molar-refractivity contribution in [3.8, 4) is 11.1 Å². The Morgan fingerprint density at radius 3 is 2.03 bits per heavy atom. The molecule has 0 spiro atoms. The van der Waals surface area contributed by atoms with Crippen LogP contribution in [0.2, 0.25) is 0 Å². The Kier molecular flexibility index (Phi) is 8.97. The minimum atomic E-state index is -5.08. The van der Waals surface area contributed by atoms with Crippen LogP contribution in [0.3, 0.4) is 0 Å². The molecule has 34 heavy (non-hydrogen) atoms. The number of piperidine rings is 1. The number of halogens is 4. The SMILES string of the molecule is C[C@@H](c1ccc(-c2ccc(=O)n(C)c2)cc1)[C@H](N)C(=O)N1CCC(F)CC1.O=C(O)C(F)(F)F. The van der Waals surface area contributed by atoms with Crippen molar-refractivity contribution >= 4 is 11.9 Å². The van der Waals surface area contributed by atoms with Gasteiger partial charge in [0.05, 0.1) is 6.04 Å². The van der Waals surface area contributed by atoms with Gasteiger partial charge in [-0.25, -0.2) is 9.18 Å². The van der Waals surface area contributed by atoms with Crippen molar-refractivity contribution in [1.29, 1.82) is 0 Å². The third-order valence-electron chi connectivity index (χ3n) is 5.66. The zero-order valence-corrected chi connectivity index (χ0v) is 18.8. The summed E-state index contributed by atoms with van der Waals surface area (Å²) in [6, 6.07) is 10.6. The van der Waals surface area contributed by atoms with Crippen molar-refractivity contribution in [2.75, 3.05) is 13.1 Å². The summed E-state index contributed by atoms with van der Waals surface area (Å²) in [6.07, 6.45) is -3.32. The molecule has 0 bridgehead atoms. The molecule has 186 valence electrons. The third kappa shape index (κ3) is 7.14. The molecule has 0 aliphatic carbocycles. The van der Waals surface area contributed by atoms with E-state index in [0.717, 1.165) is 16.7 Å². The predicted octanol–water partition coefficient (Wildman–Crippen LogP) is 3.08. The zero-order chi connectivity index (χ0) is 25.6. The largest absolute Gasteiger partial charge is 0.490 e. The number of carboxylic acids is 1. The molecule has 2 heterocycles. The molecule has 1 aliphatic rings. The molecule has 0 saturated carbocycles. The summed E-state index contributed by atoms with van der Waals surface area (Å²) in [5.41, 5.74) is 9.09. The highest BCUT2D eigenvalue weighted by atomic mass is 19.4. The van der Waals surface area contributed by atoms with Crippen LogP contribution in [0.1, 0.15) is 31.2 Å². The maximum absolute atomic E-state index is 13.3. The van der Waals surface area contributed by atoms with Crippen LogP contribution in [0.25, 0.3) is 11.1 Å². The number of aliphatic carboxylic acids is 1. The van der Waals surface area contributed by atoms with Gasteiger partial charge < -0.3 is 20.3 Å². The molecule has 0 unspecified atom stereocenters. The van der Waals surface area contributed by atoms with E-state index < -0.39 is 24.4 Å². The predicted molar refractivity (Wildman–Crippen MR) is 118 cm³/mol. The van der Waals surface area contributed by atoms with E-state index >= 15 is 0 Å². The molecule has 0 radical (unpaired) electrons. The van der Waals surface area contributed by atoms with Crippen molar-refractivity contribution in [3.63, 3.8) is 0 Å². The summed E-state index contributed by atoms with van der Waals surface area (Å²) in [4.78, 5) is 34.7. The summed E-state index contributed by atoms with van der Waals surface area (Å²) in [6.45, 7) is 2.81. The van der Waals surface area contributed by atoms with E-state index in [1.165, 1.54) is 0 Å². The smallest absolute Gasteiger partial charge is 0.475 e. The number of rotatable bonds is 4. The van der Waals surface area contributed by atoms with Crippen LogP contribution >= 0.6 is 0 Å². The van der Waals surface area contributed by atoms with E-state index in [9.17, 15) is 27.2 Å². The fourth-order valence-electron chi connectivity index (χ4n) is 3.44. The van der Waals surface area contributed by atoms with Crippen molar-refractivity contribution in [3.05, 3.63) is 58.5 Å². The molecular weight excluding hydrogens is 458 g/mol. The fraction of sp³-hybridized carbons (Fsp3) is 0.435. The second-order valence-electron chi connectivity index (χ2n) is 8.11. The molecule has 1 aromatic carbocycles. The number of aromatic nitrogens is 1. The lowest BCUT2D eigenvalue weighted by molar-refractivity contribution is -0.192. The molecule has 1 fully saturated rings. The van der Waals surface area contributed by atoms with E-state index in [1.807, 2.05) is 31.2 Å². The molecule has 1 aliphatic heterocycles. The van der Waals surface area contributed by atoms with Crippen LogP contribution < -0.4 is 11.3 Å². The number of amides is 1. The first-order valence-corrected chi connectivity index (χ1v) is 10.6. The molecule has 2 atom stereocenters. The molecule has 1 saturated heterocycles. The van der Waals surface area contributed by atoms with Gasteiger partial charge in [0.2, 0.25) is 11.5 Å². The van der Waals surface area contributed by atoms with Gasteiger partial charge in [0, 0.05) is 38.3 Å². The number of pyridine rings is 1. The number of nitrogens with two attached hydrogens (primary N) is 1. The average molecular weight is 485 g/mol. The van der Waals surface area contributed by atoms with Gasteiger partial charge in [-0.3, -0.25) is 9.59 Å². The van der Waals surface area contributed by atoms with Gasteiger partial charge >= 0.3 is 12.1 Å². The van der Waals surface area contributed by atoms with Gasteiger partial charge in [0.1, 0.15) is 6.17 Å². The number of nitrogens with zero attached hydrogens (tertiary/aromatic N) is 2. The molecule has 7 nitrogen and oxygen atoms in total. The Balaban J connectivity index is 0.000000509. The Labute approximate surface area is 193 Å². The van der Waals surface area contributed by atoms with Crippen LogP contribution in [-0.2, 0) is 16.6 Å². The molecule has 3 N–H and O–H groups in total. The second-order valence-corrected chi connectivity index (χ2v) is 8.11. The molecule has 3 rings (SSSR count). The van der Waals surface area contributed by atoms with Crippen molar-refractivity contribution in [2.45, 2.75) is 44.1 Å². The normalized spacial score (nSPS) is 16.3. The minimum absolute atomic E-state index is 0.0507.